The third kappa shape index (κ3) is 4.71. The molecule has 7 heteroatoms. The predicted molar refractivity (Wildman–Crippen MR) is 80.8 cm³/mol. The number of carbonyl (C=O) groups excluding carboxylic acids is 1. The second kappa shape index (κ2) is 6.91. The molecule has 0 unspecified atom stereocenters. The van der Waals surface area contributed by atoms with Gasteiger partial charge in [-0.3, -0.25) is 4.79 Å². The number of ether oxygens (including phenoxy) is 1. The Bertz CT molecular complexity index is 611. The Hall–Kier alpha value is -1.60. The Kier molecular flexibility index (Phi) is 5.74. The SMILES string of the molecule is COc1ccc(S(=O)(=O)N[C@@H](C)C(=O)NC(C)C)cc1C. The molecule has 0 aliphatic heterocycles. The van der Waals surface area contributed by atoms with E-state index in [1.165, 1.54) is 26.2 Å². The number of rotatable bonds is 6. The van der Waals surface area contributed by atoms with Gasteiger partial charge in [0, 0.05) is 6.04 Å². The number of methoxy groups -OCH3 is 1. The third-order valence-electron chi connectivity index (χ3n) is 2.83. The van der Waals surface area contributed by atoms with Crippen molar-refractivity contribution in [3.8, 4) is 5.75 Å². The number of aryl methyl sites for hydroxylation is 1. The molecule has 0 heterocycles. The Morgan fingerprint density at radius 3 is 2.33 bits per heavy atom. The molecule has 1 atom stereocenters. The highest BCUT2D eigenvalue weighted by Gasteiger charge is 2.22. The van der Waals surface area contributed by atoms with E-state index >= 15 is 0 Å². The van der Waals surface area contributed by atoms with Gasteiger partial charge in [-0.1, -0.05) is 0 Å². The lowest BCUT2D eigenvalue weighted by Gasteiger charge is -2.16. The molecule has 0 aliphatic rings. The molecule has 21 heavy (non-hydrogen) atoms. The van der Waals surface area contributed by atoms with Gasteiger partial charge in [-0.05, 0) is 51.5 Å². The largest absolute Gasteiger partial charge is 0.496 e. The van der Waals surface area contributed by atoms with Crippen LogP contribution in [-0.4, -0.2) is 33.5 Å². The lowest BCUT2D eigenvalue weighted by Crippen LogP contribution is -2.46. The minimum atomic E-state index is -3.75. The van der Waals surface area contributed by atoms with Crippen molar-refractivity contribution in [1.29, 1.82) is 0 Å². The smallest absolute Gasteiger partial charge is 0.241 e. The highest BCUT2D eigenvalue weighted by Crippen LogP contribution is 2.21. The summed E-state index contributed by atoms with van der Waals surface area (Å²) in [6, 6.07) is 3.64. The highest BCUT2D eigenvalue weighted by atomic mass is 32.2. The molecule has 1 rings (SSSR count). The van der Waals surface area contributed by atoms with Crippen molar-refractivity contribution in [2.45, 2.75) is 44.7 Å². The topological polar surface area (TPSA) is 84.5 Å². The maximum atomic E-state index is 12.3. The average molecular weight is 314 g/mol. The Morgan fingerprint density at radius 1 is 1.24 bits per heavy atom. The Balaban J connectivity index is 2.91. The van der Waals surface area contributed by atoms with Gasteiger partial charge in [0.1, 0.15) is 5.75 Å². The molecule has 1 aromatic rings. The fraction of sp³-hybridized carbons (Fsp3) is 0.500. The van der Waals surface area contributed by atoms with Gasteiger partial charge in [0.2, 0.25) is 15.9 Å². The number of hydrogen-bond donors (Lipinski definition) is 2. The lowest BCUT2D eigenvalue weighted by atomic mass is 10.2. The molecule has 2 N–H and O–H groups in total. The minimum absolute atomic E-state index is 0.0484. The summed E-state index contributed by atoms with van der Waals surface area (Å²) in [5.41, 5.74) is 0.708. The maximum Gasteiger partial charge on any atom is 0.241 e. The number of benzene rings is 1. The molecule has 0 saturated heterocycles. The first-order valence-electron chi connectivity index (χ1n) is 6.64. The normalized spacial score (nSPS) is 13.0. The van der Waals surface area contributed by atoms with E-state index in [4.69, 9.17) is 4.74 Å². The van der Waals surface area contributed by atoms with E-state index in [1.54, 1.807) is 13.0 Å². The van der Waals surface area contributed by atoms with Gasteiger partial charge in [-0.2, -0.15) is 4.72 Å². The van der Waals surface area contributed by atoms with Crippen LogP contribution < -0.4 is 14.8 Å². The molecule has 0 spiro atoms. The van der Waals surface area contributed by atoms with Crippen LogP contribution in [0.5, 0.6) is 5.75 Å². The summed E-state index contributed by atoms with van der Waals surface area (Å²) < 4.78 is 32.0. The first-order valence-corrected chi connectivity index (χ1v) is 8.13. The van der Waals surface area contributed by atoms with Crippen molar-refractivity contribution in [2.24, 2.45) is 0 Å². The fourth-order valence-electron chi connectivity index (χ4n) is 1.78. The summed E-state index contributed by atoms with van der Waals surface area (Å²) in [5, 5.41) is 2.66. The molecule has 0 bridgehead atoms. The summed E-state index contributed by atoms with van der Waals surface area (Å²) in [7, 11) is -2.23. The maximum absolute atomic E-state index is 12.3. The number of nitrogens with one attached hydrogen (secondary N) is 2. The molecule has 0 fully saturated rings. The Morgan fingerprint density at radius 2 is 1.86 bits per heavy atom. The predicted octanol–water partition coefficient (Wildman–Crippen LogP) is 1.20. The van der Waals surface area contributed by atoms with Gasteiger partial charge in [0.15, 0.2) is 0 Å². The van der Waals surface area contributed by atoms with E-state index < -0.39 is 16.1 Å². The molecule has 0 radical (unpaired) electrons. The van der Waals surface area contributed by atoms with E-state index in [1.807, 2.05) is 13.8 Å². The molecule has 0 aliphatic carbocycles. The summed E-state index contributed by atoms with van der Waals surface area (Å²) in [5.74, 6) is 0.248. The van der Waals surface area contributed by atoms with Gasteiger partial charge >= 0.3 is 0 Å². The van der Waals surface area contributed by atoms with Crippen molar-refractivity contribution in [3.63, 3.8) is 0 Å². The van der Waals surface area contributed by atoms with E-state index in [0.29, 0.717) is 11.3 Å². The Labute approximate surface area is 125 Å². The van der Waals surface area contributed by atoms with Crippen LogP contribution in [0.3, 0.4) is 0 Å². The van der Waals surface area contributed by atoms with Crippen molar-refractivity contribution in [1.82, 2.24) is 10.0 Å². The second-order valence-corrected chi connectivity index (χ2v) is 6.85. The average Bonchev–Trinajstić information content (AvgIpc) is 2.37. The van der Waals surface area contributed by atoms with Gasteiger partial charge < -0.3 is 10.1 Å². The van der Waals surface area contributed by atoms with Crippen LogP contribution in [0.15, 0.2) is 23.1 Å². The van der Waals surface area contributed by atoms with Crippen LogP contribution in [0.25, 0.3) is 0 Å². The van der Waals surface area contributed by atoms with E-state index in [-0.39, 0.29) is 16.8 Å². The molecule has 6 nitrogen and oxygen atoms in total. The molecular formula is C14H22N2O4S. The third-order valence-corrected chi connectivity index (χ3v) is 4.37. The fourth-order valence-corrected chi connectivity index (χ4v) is 3.07. The van der Waals surface area contributed by atoms with Gasteiger partial charge in [-0.25, -0.2) is 8.42 Å². The van der Waals surface area contributed by atoms with Gasteiger partial charge in [-0.15, -0.1) is 0 Å². The van der Waals surface area contributed by atoms with Crippen LogP contribution in [0.1, 0.15) is 26.3 Å². The zero-order chi connectivity index (χ0) is 16.2. The standard InChI is InChI=1S/C14H22N2O4S/c1-9(2)15-14(17)11(4)16-21(18,19)12-6-7-13(20-5)10(3)8-12/h6-9,11,16H,1-5H3,(H,15,17)/t11-/m0/s1. The first-order chi connectivity index (χ1) is 9.67. The summed E-state index contributed by atoms with van der Waals surface area (Å²) in [6.07, 6.45) is 0. The van der Waals surface area contributed by atoms with Crippen LogP contribution in [-0.2, 0) is 14.8 Å². The molecule has 1 amide bonds. The number of amides is 1. The molecule has 0 aromatic heterocycles. The van der Waals surface area contributed by atoms with Crippen molar-refractivity contribution in [2.75, 3.05) is 7.11 Å². The van der Waals surface area contributed by atoms with Crippen LogP contribution in [0.2, 0.25) is 0 Å². The molecular weight excluding hydrogens is 292 g/mol. The van der Waals surface area contributed by atoms with Crippen LogP contribution in [0, 0.1) is 6.92 Å². The van der Waals surface area contributed by atoms with E-state index in [2.05, 4.69) is 10.0 Å². The van der Waals surface area contributed by atoms with Gasteiger partial charge in [0.25, 0.3) is 0 Å². The quantitative estimate of drug-likeness (QED) is 0.826. The lowest BCUT2D eigenvalue weighted by molar-refractivity contribution is -0.122. The molecule has 118 valence electrons. The summed E-state index contributed by atoms with van der Waals surface area (Å²) in [4.78, 5) is 11.9. The number of sulfonamides is 1. The van der Waals surface area contributed by atoms with Crippen molar-refractivity contribution in [3.05, 3.63) is 23.8 Å². The highest BCUT2D eigenvalue weighted by molar-refractivity contribution is 7.89. The molecule has 0 saturated carbocycles. The zero-order valence-corrected chi connectivity index (χ0v) is 13.7. The number of hydrogen-bond acceptors (Lipinski definition) is 4. The van der Waals surface area contributed by atoms with Crippen molar-refractivity contribution >= 4 is 15.9 Å². The van der Waals surface area contributed by atoms with Crippen molar-refractivity contribution < 1.29 is 17.9 Å². The minimum Gasteiger partial charge on any atom is -0.496 e. The van der Waals surface area contributed by atoms with Gasteiger partial charge in [0.05, 0.1) is 18.0 Å². The van der Waals surface area contributed by atoms with E-state index in [9.17, 15) is 13.2 Å². The summed E-state index contributed by atoms with van der Waals surface area (Å²) >= 11 is 0. The second-order valence-electron chi connectivity index (χ2n) is 5.14. The first kappa shape index (κ1) is 17.5. The number of carbonyl (C=O) groups is 1. The summed E-state index contributed by atoms with van der Waals surface area (Å²) in [6.45, 7) is 6.89. The molecule has 1 aromatic carbocycles. The zero-order valence-electron chi connectivity index (χ0n) is 12.9. The monoisotopic (exact) mass is 314 g/mol. The van der Waals surface area contributed by atoms with E-state index in [0.717, 1.165) is 0 Å². The van der Waals surface area contributed by atoms with Crippen LogP contribution in [0.4, 0.5) is 0 Å². The van der Waals surface area contributed by atoms with Crippen LogP contribution >= 0.6 is 0 Å².